The normalized spacial score (nSPS) is 10.2. The summed E-state index contributed by atoms with van der Waals surface area (Å²) < 4.78 is 0. The van der Waals surface area contributed by atoms with E-state index in [0.29, 0.717) is 27.5 Å². The molecule has 2 rings (SSSR count). The van der Waals surface area contributed by atoms with Gasteiger partial charge in [-0.2, -0.15) is 0 Å². The second-order valence-corrected chi connectivity index (χ2v) is 4.18. The van der Waals surface area contributed by atoms with Gasteiger partial charge in [0.25, 0.3) is 5.56 Å². The van der Waals surface area contributed by atoms with E-state index in [-0.39, 0.29) is 5.56 Å². The highest BCUT2D eigenvalue weighted by atomic mass is 35.5. The fourth-order valence-corrected chi connectivity index (χ4v) is 1.88. The maximum atomic E-state index is 11.2. The van der Waals surface area contributed by atoms with Gasteiger partial charge in [0.2, 0.25) is 0 Å². The molecule has 1 aromatic carbocycles. The van der Waals surface area contributed by atoms with Gasteiger partial charge in [-0.3, -0.25) is 9.59 Å². The van der Waals surface area contributed by atoms with Crippen molar-refractivity contribution >= 4 is 29.5 Å². The average molecular weight is 268 g/mol. The lowest BCUT2D eigenvalue weighted by Gasteiger charge is -2.05. The lowest BCUT2D eigenvalue weighted by molar-refractivity contribution is 0.112. The molecule has 1 N–H and O–H groups in total. The van der Waals surface area contributed by atoms with E-state index in [4.69, 9.17) is 23.2 Å². The van der Waals surface area contributed by atoms with E-state index >= 15 is 0 Å². The Morgan fingerprint density at radius 1 is 1.24 bits per heavy atom. The molecule has 5 heteroatoms. The van der Waals surface area contributed by atoms with Crippen LogP contribution >= 0.6 is 23.2 Å². The summed E-state index contributed by atoms with van der Waals surface area (Å²) in [6.45, 7) is 0. The predicted octanol–water partition coefficient (Wildman–Crippen LogP) is 3.16. The summed E-state index contributed by atoms with van der Waals surface area (Å²) in [6.07, 6.45) is 1.99. The van der Waals surface area contributed by atoms with Gasteiger partial charge in [0.15, 0.2) is 6.29 Å². The highest BCUT2D eigenvalue weighted by molar-refractivity contribution is 6.43. The summed E-state index contributed by atoms with van der Waals surface area (Å²) in [5, 5.41) is 0.807. The van der Waals surface area contributed by atoms with Gasteiger partial charge >= 0.3 is 0 Å². The zero-order chi connectivity index (χ0) is 12.4. The SMILES string of the molecule is O=Cc1cc(-c2cccc(Cl)c2Cl)c[nH]c1=O. The standard InChI is InChI=1S/C12H7Cl2NO2/c13-10-3-1-2-9(11(10)14)7-4-8(6-16)12(17)15-5-7/h1-6H,(H,15,17). The molecule has 0 fully saturated rings. The Labute approximate surface area is 107 Å². The Bertz CT molecular complexity index is 635. The number of aldehydes is 1. The van der Waals surface area contributed by atoms with Crippen molar-refractivity contribution in [1.29, 1.82) is 0 Å². The third-order valence-electron chi connectivity index (χ3n) is 2.32. The van der Waals surface area contributed by atoms with Crippen molar-refractivity contribution in [1.82, 2.24) is 4.98 Å². The fourth-order valence-electron chi connectivity index (χ4n) is 1.47. The first kappa shape index (κ1) is 11.9. The minimum Gasteiger partial charge on any atom is -0.328 e. The molecule has 1 heterocycles. The zero-order valence-corrected chi connectivity index (χ0v) is 10.0. The van der Waals surface area contributed by atoms with Crippen LogP contribution < -0.4 is 5.56 Å². The molecule has 0 atom stereocenters. The largest absolute Gasteiger partial charge is 0.328 e. The molecule has 1 aromatic heterocycles. The second-order valence-electron chi connectivity index (χ2n) is 3.39. The first-order valence-electron chi connectivity index (χ1n) is 4.76. The number of carbonyl (C=O) groups is 1. The van der Waals surface area contributed by atoms with Crippen LogP contribution in [0.4, 0.5) is 0 Å². The number of rotatable bonds is 2. The van der Waals surface area contributed by atoms with Crippen molar-refractivity contribution in [3.05, 3.63) is 56.4 Å². The Morgan fingerprint density at radius 2 is 2.00 bits per heavy atom. The maximum Gasteiger partial charge on any atom is 0.258 e. The summed E-state index contributed by atoms with van der Waals surface area (Å²) in [5.41, 5.74) is 0.929. The minimum atomic E-state index is -0.429. The molecule has 0 unspecified atom stereocenters. The number of carbonyl (C=O) groups excluding carboxylic acids is 1. The van der Waals surface area contributed by atoms with Crippen LogP contribution in [0.5, 0.6) is 0 Å². The van der Waals surface area contributed by atoms with E-state index in [1.807, 2.05) is 0 Å². The molecule has 0 saturated heterocycles. The second kappa shape index (κ2) is 4.73. The smallest absolute Gasteiger partial charge is 0.258 e. The molecule has 86 valence electrons. The summed E-state index contributed by atoms with van der Waals surface area (Å²) in [5.74, 6) is 0. The van der Waals surface area contributed by atoms with Crippen LogP contribution in [0.15, 0.2) is 35.3 Å². The van der Waals surface area contributed by atoms with E-state index < -0.39 is 5.56 Å². The molecule has 0 aliphatic rings. The Kier molecular flexibility index (Phi) is 3.31. The van der Waals surface area contributed by atoms with Crippen LogP contribution in [0, 0.1) is 0 Å². The summed E-state index contributed by atoms with van der Waals surface area (Å²) in [7, 11) is 0. The van der Waals surface area contributed by atoms with E-state index in [1.54, 1.807) is 18.2 Å². The number of aromatic amines is 1. The van der Waals surface area contributed by atoms with Gasteiger partial charge in [-0.1, -0.05) is 35.3 Å². The van der Waals surface area contributed by atoms with Gasteiger partial charge < -0.3 is 4.98 Å². The molecule has 0 bridgehead atoms. The first-order chi connectivity index (χ1) is 8.13. The van der Waals surface area contributed by atoms with Crippen LogP contribution in [-0.2, 0) is 0 Å². The number of hydrogen-bond acceptors (Lipinski definition) is 2. The highest BCUT2D eigenvalue weighted by Gasteiger charge is 2.08. The Morgan fingerprint density at radius 3 is 2.71 bits per heavy atom. The van der Waals surface area contributed by atoms with Crippen molar-refractivity contribution in [2.75, 3.05) is 0 Å². The molecule has 3 nitrogen and oxygen atoms in total. The van der Waals surface area contributed by atoms with E-state index in [9.17, 15) is 9.59 Å². The van der Waals surface area contributed by atoms with Crippen LogP contribution in [-0.4, -0.2) is 11.3 Å². The van der Waals surface area contributed by atoms with Gasteiger partial charge in [0.1, 0.15) is 0 Å². The molecular weight excluding hydrogens is 261 g/mol. The van der Waals surface area contributed by atoms with Crippen molar-refractivity contribution in [2.24, 2.45) is 0 Å². The maximum absolute atomic E-state index is 11.2. The molecule has 0 aliphatic carbocycles. The monoisotopic (exact) mass is 267 g/mol. The summed E-state index contributed by atoms with van der Waals surface area (Å²) >= 11 is 11.9. The topological polar surface area (TPSA) is 49.9 Å². The fraction of sp³-hybridized carbons (Fsp3) is 0. The van der Waals surface area contributed by atoms with Crippen molar-refractivity contribution in [3.63, 3.8) is 0 Å². The van der Waals surface area contributed by atoms with Gasteiger partial charge in [-0.15, -0.1) is 0 Å². The lowest BCUT2D eigenvalue weighted by Crippen LogP contribution is -2.10. The molecule has 0 saturated carbocycles. The number of hydrogen-bond donors (Lipinski definition) is 1. The van der Waals surface area contributed by atoms with Gasteiger partial charge in [-0.25, -0.2) is 0 Å². The van der Waals surface area contributed by atoms with Crippen LogP contribution in [0.3, 0.4) is 0 Å². The summed E-state index contributed by atoms with van der Waals surface area (Å²) in [6, 6.07) is 6.65. The molecule has 0 radical (unpaired) electrons. The average Bonchev–Trinajstić information content (AvgIpc) is 2.34. The third-order valence-corrected chi connectivity index (χ3v) is 3.14. The van der Waals surface area contributed by atoms with Gasteiger partial charge in [0, 0.05) is 17.3 Å². The lowest BCUT2D eigenvalue weighted by atomic mass is 10.1. The van der Waals surface area contributed by atoms with Crippen molar-refractivity contribution in [2.45, 2.75) is 0 Å². The number of H-pyrrole nitrogens is 1. The molecule has 2 aromatic rings. The first-order valence-corrected chi connectivity index (χ1v) is 5.51. The number of nitrogens with one attached hydrogen (secondary N) is 1. The highest BCUT2D eigenvalue weighted by Crippen LogP contribution is 2.32. The van der Waals surface area contributed by atoms with E-state index in [2.05, 4.69) is 4.98 Å². The zero-order valence-electron chi connectivity index (χ0n) is 8.54. The molecule has 0 amide bonds. The molecule has 0 aliphatic heterocycles. The molecule has 0 spiro atoms. The van der Waals surface area contributed by atoms with Crippen LogP contribution in [0.25, 0.3) is 11.1 Å². The van der Waals surface area contributed by atoms with Crippen molar-refractivity contribution in [3.8, 4) is 11.1 Å². The van der Waals surface area contributed by atoms with Gasteiger partial charge in [0.05, 0.1) is 15.6 Å². The number of aromatic nitrogens is 1. The number of pyridine rings is 1. The molecular formula is C12H7Cl2NO2. The number of halogens is 2. The summed E-state index contributed by atoms with van der Waals surface area (Å²) in [4.78, 5) is 24.4. The van der Waals surface area contributed by atoms with E-state index in [0.717, 1.165) is 0 Å². The Balaban J connectivity index is 2.65. The van der Waals surface area contributed by atoms with Gasteiger partial charge in [-0.05, 0) is 12.1 Å². The van der Waals surface area contributed by atoms with Crippen molar-refractivity contribution < 1.29 is 4.79 Å². The third kappa shape index (κ3) is 2.25. The predicted molar refractivity (Wildman–Crippen MR) is 67.9 cm³/mol. The quantitative estimate of drug-likeness (QED) is 0.850. The minimum absolute atomic E-state index is 0.0542. The Hall–Kier alpha value is -1.58. The number of benzene rings is 1. The van der Waals surface area contributed by atoms with E-state index in [1.165, 1.54) is 12.3 Å². The molecule has 17 heavy (non-hydrogen) atoms. The van der Waals surface area contributed by atoms with Crippen LogP contribution in [0.2, 0.25) is 10.0 Å². The van der Waals surface area contributed by atoms with Crippen LogP contribution in [0.1, 0.15) is 10.4 Å².